The van der Waals surface area contributed by atoms with Gasteiger partial charge in [0.05, 0.1) is 5.56 Å². The van der Waals surface area contributed by atoms with Gasteiger partial charge >= 0.3 is 6.18 Å². The lowest BCUT2D eigenvalue weighted by Gasteiger charge is -2.14. The summed E-state index contributed by atoms with van der Waals surface area (Å²) in [5.74, 6) is 0. The first-order chi connectivity index (χ1) is 7.32. The molecule has 0 amide bonds. The van der Waals surface area contributed by atoms with Gasteiger partial charge in [-0.2, -0.15) is 18.4 Å². The Labute approximate surface area is 99.6 Å². The van der Waals surface area contributed by atoms with Crippen molar-refractivity contribution in [2.45, 2.75) is 19.5 Å². The second-order valence-electron chi connectivity index (χ2n) is 2.89. The van der Waals surface area contributed by atoms with Crippen molar-refractivity contribution >= 4 is 23.2 Å². The monoisotopic (exact) mass is 268 g/mol. The van der Waals surface area contributed by atoms with Crippen LogP contribution in [0.15, 0.2) is 0 Å². The molecule has 1 rings (SSSR count). The zero-order valence-electron chi connectivity index (χ0n) is 7.99. The molecular formula is C9H5Cl2F3N2. The summed E-state index contributed by atoms with van der Waals surface area (Å²) in [4.78, 5) is 3.50. The van der Waals surface area contributed by atoms with Crippen LogP contribution in [0.3, 0.4) is 0 Å². The maximum atomic E-state index is 12.7. The molecule has 16 heavy (non-hydrogen) atoms. The van der Waals surface area contributed by atoms with E-state index in [9.17, 15) is 13.2 Å². The van der Waals surface area contributed by atoms with Crippen LogP contribution in [0.4, 0.5) is 13.2 Å². The van der Waals surface area contributed by atoms with Gasteiger partial charge in [-0.15, -0.1) is 0 Å². The summed E-state index contributed by atoms with van der Waals surface area (Å²) in [5, 5.41) is 7.80. The fourth-order valence-corrected chi connectivity index (χ4v) is 1.88. The van der Waals surface area contributed by atoms with E-state index in [0.29, 0.717) is 0 Å². The van der Waals surface area contributed by atoms with Crippen molar-refractivity contribution in [3.05, 3.63) is 27.0 Å². The summed E-state index contributed by atoms with van der Waals surface area (Å²) >= 11 is 11.0. The first-order valence-electron chi connectivity index (χ1n) is 4.18. The first kappa shape index (κ1) is 13.1. The normalized spacial score (nSPS) is 11.3. The SMILES string of the molecule is CCc1c(Cl)nc(Cl)c(C#N)c1C(F)(F)F. The Morgan fingerprint density at radius 1 is 1.31 bits per heavy atom. The quantitative estimate of drug-likeness (QED) is 0.726. The minimum absolute atomic E-state index is 0.0204. The van der Waals surface area contributed by atoms with Crippen LogP contribution in [0.5, 0.6) is 0 Å². The zero-order valence-corrected chi connectivity index (χ0v) is 9.50. The molecule has 86 valence electrons. The number of nitrogens with zero attached hydrogens (tertiary/aromatic N) is 2. The molecule has 0 saturated heterocycles. The van der Waals surface area contributed by atoms with Crippen molar-refractivity contribution in [2.24, 2.45) is 0 Å². The molecule has 0 fully saturated rings. The highest BCUT2D eigenvalue weighted by molar-refractivity contribution is 6.33. The van der Waals surface area contributed by atoms with E-state index >= 15 is 0 Å². The predicted octanol–water partition coefficient (Wildman–Crippen LogP) is 3.84. The minimum atomic E-state index is -4.67. The van der Waals surface area contributed by atoms with Gasteiger partial charge in [0.25, 0.3) is 0 Å². The van der Waals surface area contributed by atoms with Crippen LogP contribution in [0.25, 0.3) is 0 Å². The van der Waals surface area contributed by atoms with Crippen LogP contribution in [0, 0.1) is 11.3 Å². The Kier molecular flexibility index (Phi) is 3.66. The highest BCUT2D eigenvalue weighted by Gasteiger charge is 2.38. The summed E-state index contributed by atoms with van der Waals surface area (Å²) in [6, 6.07) is 1.40. The highest BCUT2D eigenvalue weighted by Crippen LogP contribution is 2.39. The number of pyridine rings is 1. The lowest BCUT2D eigenvalue weighted by atomic mass is 10.0. The predicted molar refractivity (Wildman–Crippen MR) is 53.4 cm³/mol. The largest absolute Gasteiger partial charge is 0.418 e. The Balaban J connectivity index is 3.71. The van der Waals surface area contributed by atoms with E-state index in [-0.39, 0.29) is 17.1 Å². The van der Waals surface area contributed by atoms with Gasteiger partial charge in [0.15, 0.2) is 0 Å². The van der Waals surface area contributed by atoms with Gasteiger partial charge in [-0.05, 0) is 6.42 Å². The average molecular weight is 269 g/mol. The fourth-order valence-electron chi connectivity index (χ4n) is 1.30. The van der Waals surface area contributed by atoms with Crippen molar-refractivity contribution in [2.75, 3.05) is 0 Å². The molecule has 0 radical (unpaired) electrons. The molecule has 0 N–H and O–H groups in total. The molecule has 0 aromatic carbocycles. The molecule has 1 heterocycles. The van der Waals surface area contributed by atoms with Crippen LogP contribution in [-0.2, 0) is 12.6 Å². The Hall–Kier alpha value is -0.990. The number of alkyl halides is 3. The molecular weight excluding hydrogens is 264 g/mol. The Bertz CT molecular complexity index is 463. The molecule has 0 saturated carbocycles. The smallest absolute Gasteiger partial charge is 0.223 e. The lowest BCUT2D eigenvalue weighted by molar-refractivity contribution is -0.138. The highest BCUT2D eigenvalue weighted by atomic mass is 35.5. The van der Waals surface area contributed by atoms with E-state index < -0.39 is 22.5 Å². The van der Waals surface area contributed by atoms with Crippen LogP contribution >= 0.6 is 23.2 Å². The van der Waals surface area contributed by atoms with Crippen LogP contribution in [0.2, 0.25) is 10.3 Å². The summed E-state index contributed by atoms with van der Waals surface area (Å²) in [5.41, 5.74) is -1.99. The maximum absolute atomic E-state index is 12.7. The van der Waals surface area contributed by atoms with E-state index in [4.69, 9.17) is 28.5 Å². The number of nitriles is 1. The van der Waals surface area contributed by atoms with Crippen molar-refractivity contribution in [3.63, 3.8) is 0 Å². The molecule has 1 aromatic rings. The van der Waals surface area contributed by atoms with Crippen molar-refractivity contribution in [1.29, 1.82) is 5.26 Å². The van der Waals surface area contributed by atoms with Crippen molar-refractivity contribution < 1.29 is 13.2 Å². The molecule has 0 unspecified atom stereocenters. The second-order valence-corrected chi connectivity index (χ2v) is 3.60. The summed E-state index contributed by atoms with van der Waals surface area (Å²) < 4.78 is 38.2. The Morgan fingerprint density at radius 3 is 2.25 bits per heavy atom. The third kappa shape index (κ3) is 2.23. The average Bonchev–Trinajstić information content (AvgIpc) is 2.15. The number of hydrogen-bond donors (Lipinski definition) is 0. The van der Waals surface area contributed by atoms with Crippen molar-refractivity contribution in [1.82, 2.24) is 4.98 Å². The third-order valence-corrected chi connectivity index (χ3v) is 2.54. The van der Waals surface area contributed by atoms with Crippen LogP contribution < -0.4 is 0 Å². The Morgan fingerprint density at radius 2 is 1.88 bits per heavy atom. The molecule has 0 aliphatic heterocycles. The third-order valence-electron chi connectivity index (χ3n) is 1.95. The van der Waals surface area contributed by atoms with Crippen LogP contribution in [-0.4, -0.2) is 4.98 Å². The lowest BCUT2D eigenvalue weighted by Crippen LogP contribution is -2.13. The minimum Gasteiger partial charge on any atom is -0.223 e. The summed E-state index contributed by atoms with van der Waals surface area (Å²) in [6.45, 7) is 1.49. The van der Waals surface area contributed by atoms with Gasteiger partial charge in [0, 0.05) is 5.56 Å². The number of aromatic nitrogens is 1. The molecule has 0 spiro atoms. The molecule has 2 nitrogen and oxygen atoms in total. The van der Waals surface area contributed by atoms with Gasteiger partial charge in [0.1, 0.15) is 21.9 Å². The molecule has 7 heteroatoms. The van der Waals surface area contributed by atoms with E-state index in [1.165, 1.54) is 13.0 Å². The van der Waals surface area contributed by atoms with Gasteiger partial charge in [0.2, 0.25) is 0 Å². The van der Waals surface area contributed by atoms with Gasteiger partial charge in [-0.3, -0.25) is 0 Å². The van der Waals surface area contributed by atoms with E-state index in [2.05, 4.69) is 4.98 Å². The molecule has 0 atom stereocenters. The van der Waals surface area contributed by atoms with E-state index in [1.807, 2.05) is 0 Å². The van der Waals surface area contributed by atoms with Gasteiger partial charge < -0.3 is 0 Å². The number of halogens is 5. The topological polar surface area (TPSA) is 36.7 Å². The standard InChI is InChI=1S/C9H5Cl2F3N2/c1-2-4-6(9(12,13)14)5(3-15)8(11)16-7(4)10/h2H2,1H3. The second kappa shape index (κ2) is 4.48. The number of hydrogen-bond acceptors (Lipinski definition) is 2. The van der Waals surface area contributed by atoms with Gasteiger partial charge in [-0.1, -0.05) is 30.1 Å². The van der Waals surface area contributed by atoms with Crippen molar-refractivity contribution in [3.8, 4) is 6.07 Å². The summed E-state index contributed by atoms with van der Waals surface area (Å²) in [6.07, 6.45) is -4.65. The molecule has 1 aromatic heterocycles. The molecule has 0 aliphatic carbocycles. The summed E-state index contributed by atoms with van der Waals surface area (Å²) in [7, 11) is 0. The van der Waals surface area contributed by atoms with E-state index in [1.54, 1.807) is 0 Å². The zero-order chi connectivity index (χ0) is 12.5. The van der Waals surface area contributed by atoms with E-state index in [0.717, 1.165) is 0 Å². The fraction of sp³-hybridized carbons (Fsp3) is 0.333. The van der Waals surface area contributed by atoms with Gasteiger partial charge in [-0.25, -0.2) is 4.98 Å². The molecule has 0 bridgehead atoms. The van der Waals surface area contributed by atoms with Crippen LogP contribution in [0.1, 0.15) is 23.6 Å². The first-order valence-corrected chi connectivity index (χ1v) is 4.93. The number of rotatable bonds is 1. The molecule has 0 aliphatic rings. The maximum Gasteiger partial charge on any atom is 0.418 e.